The van der Waals surface area contributed by atoms with E-state index in [1.165, 1.54) is 6.42 Å². The lowest BCUT2D eigenvalue weighted by Crippen LogP contribution is -2.60. The zero-order valence-electron chi connectivity index (χ0n) is 19.4. The fraction of sp³-hybridized carbons (Fsp3) is 0.920. The zero-order chi connectivity index (χ0) is 21.7. The predicted molar refractivity (Wildman–Crippen MR) is 117 cm³/mol. The Morgan fingerprint density at radius 1 is 1.10 bits per heavy atom. The molecule has 1 spiro atoms. The van der Waals surface area contributed by atoms with Crippen LogP contribution in [0.1, 0.15) is 71.6 Å². The number of esters is 1. The Hall–Kier alpha value is -1.14. The van der Waals surface area contributed by atoms with Gasteiger partial charge >= 0.3 is 5.97 Å². The van der Waals surface area contributed by atoms with E-state index in [-0.39, 0.29) is 28.3 Å². The second-order valence-corrected chi connectivity index (χ2v) is 11.6. The molecule has 0 radical (unpaired) electrons. The summed E-state index contributed by atoms with van der Waals surface area (Å²) >= 11 is 0. The molecular formula is C25H40N2O4. The molecule has 174 valence electrons. The van der Waals surface area contributed by atoms with Gasteiger partial charge in [-0.2, -0.15) is 0 Å². The lowest BCUT2D eigenvalue weighted by molar-refractivity contribution is -0.211. The monoisotopic (exact) mass is 432 g/mol. The van der Waals surface area contributed by atoms with Gasteiger partial charge in [0, 0.05) is 31.6 Å². The van der Waals surface area contributed by atoms with E-state index in [9.17, 15) is 9.59 Å². The van der Waals surface area contributed by atoms with Gasteiger partial charge in [-0.3, -0.25) is 14.5 Å². The van der Waals surface area contributed by atoms with Crippen LogP contribution < -0.4 is 5.32 Å². The molecule has 2 bridgehead atoms. The predicted octanol–water partition coefficient (Wildman–Crippen LogP) is 3.14. The van der Waals surface area contributed by atoms with Crippen LogP contribution in [-0.4, -0.2) is 61.8 Å². The van der Waals surface area contributed by atoms with Crippen LogP contribution in [0.25, 0.3) is 0 Å². The first-order valence-corrected chi connectivity index (χ1v) is 12.6. The van der Waals surface area contributed by atoms with Gasteiger partial charge in [0.2, 0.25) is 5.91 Å². The second kappa shape index (κ2) is 8.02. The Kier molecular flexibility index (Phi) is 5.61. The van der Waals surface area contributed by atoms with Crippen LogP contribution in [0.15, 0.2) is 0 Å². The van der Waals surface area contributed by atoms with Gasteiger partial charge in [-0.05, 0) is 75.0 Å². The van der Waals surface area contributed by atoms with Gasteiger partial charge in [0.15, 0.2) is 0 Å². The van der Waals surface area contributed by atoms with Crippen LogP contribution in [0.5, 0.6) is 0 Å². The van der Waals surface area contributed by atoms with Crippen molar-refractivity contribution in [2.45, 2.75) is 77.2 Å². The summed E-state index contributed by atoms with van der Waals surface area (Å²) < 4.78 is 11.2. The number of rotatable bonds is 4. The molecule has 3 aliphatic carbocycles. The van der Waals surface area contributed by atoms with Gasteiger partial charge in [-0.15, -0.1) is 0 Å². The third-order valence-electron chi connectivity index (χ3n) is 9.73. The zero-order valence-corrected chi connectivity index (χ0v) is 19.4. The van der Waals surface area contributed by atoms with Gasteiger partial charge in [-0.1, -0.05) is 13.3 Å². The molecule has 0 aromatic carbocycles. The number of ether oxygens (including phenoxy) is 2. The van der Waals surface area contributed by atoms with Crippen molar-refractivity contribution in [1.82, 2.24) is 10.2 Å². The fourth-order valence-corrected chi connectivity index (χ4v) is 8.30. The summed E-state index contributed by atoms with van der Waals surface area (Å²) in [5.41, 5.74) is -0.409. The summed E-state index contributed by atoms with van der Waals surface area (Å²) in [5, 5.41) is 3.30. The lowest BCUT2D eigenvalue weighted by Gasteiger charge is -2.62. The quantitative estimate of drug-likeness (QED) is 0.692. The highest BCUT2D eigenvalue weighted by atomic mass is 16.6. The van der Waals surface area contributed by atoms with Gasteiger partial charge in [0.05, 0.1) is 19.6 Å². The third kappa shape index (κ3) is 3.82. The Bertz CT molecular complexity index is 722. The molecule has 5 rings (SSSR count). The van der Waals surface area contributed by atoms with Crippen molar-refractivity contribution in [3.05, 3.63) is 0 Å². The molecule has 2 heterocycles. The van der Waals surface area contributed by atoms with E-state index in [2.05, 4.69) is 24.1 Å². The molecule has 6 atom stereocenters. The Morgan fingerprint density at radius 3 is 2.68 bits per heavy atom. The number of nitrogens with zero attached hydrogens (tertiary/aromatic N) is 1. The Morgan fingerprint density at radius 2 is 1.87 bits per heavy atom. The van der Waals surface area contributed by atoms with Crippen molar-refractivity contribution in [2.24, 2.45) is 28.6 Å². The smallest absolute Gasteiger partial charge is 0.306 e. The minimum atomic E-state index is -0.272. The summed E-state index contributed by atoms with van der Waals surface area (Å²) in [7, 11) is 0. The minimum absolute atomic E-state index is 0.0105. The lowest BCUT2D eigenvalue weighted by atomic mass is 9.44. The highest BCUT2D eigenvalue weighted by Gasteiger charge is 2.62. The van der Waals surface area contributed by atoms with Gasteiger partial charge in [-0.25, -0.2) is 0 Å². The number of amides is 1. The largest absolute Gasteiger partial charge is 0.459 e. The molecule has 6 nitrogen and oxygen atoms in total. The highest BCUT2D eigenvalue weighted by molar-refractivity contribution is 5.82. The van der Waals surface area contributed by atoms with Gasteiger partial charge in [0.25, 0.3) is 0 Å². The molecule has 0 aromatic heterocycles. The first kappa shape index (κ1) is 21.7. The molecule has 3 saturated carbocycles. The van der Waals surface area contributed by atoms with Crippen LogP contribution in [0.3, 0.4) is 0 Å². The fourth-order valence-electron chi connectivity index (χ4n) is 8.30. The van der Waals surface area contributed by atoms with E-state index in [0.717, 1.165) is 84.3 Å². The average Bonchev–Trinajstić information content (AvgIpc) is 2.73. The first-order valence-electron chi connectivity index (χ1n) is 12.6. The van der Waals surface area contributed by atoms with Crippen LogP contribution in [0.2, 0.25) is 0 Å². The number of fused-ring (bicyclic) bond motifs is 3. The Labute approximate surface area is 186 Å². The highest BCUT2D eigenvalue weighted by Crippen LogP contribution is 2.65. The second-order valence-electron chi connectivity index (χ2n) is 11.6. The normalized spacial score (nSPS) is 45.2. The molecule has 1 amide bonds. The minimum Gasteiger partial charge on any atom is -0.459 e. The van der Waals surface area contributed by atoms with Crippen LogP contribution >= 0.6 is 0 Å². The van der Waals surface area contributed by atoms with E-state index in [1.807, 2.05) is 0 Å². The van der Waals surface area contributed by atoms with E-state index >= 15 is 0 Å². The molecule has 6 heteroatoms. The van der Waals surface area contributed by atoms with Crippen LogP contribution in [0.4, 0.5) is 0 Å². The molecule has 31 heavy (non-hydrogen) atoms. The number of nitrogens with one attached hydrogen (secondary N) is 1. The van der Waals surface area contributed by atoms with E-state index in [0.29, 0.717) is 24.2 Å². The van der Waals surface area contributed by atoms with Crippen molar-refractivity contribution in [3.8, 4) is 0 Å². The summed E-state index contributed by atoms with van der Waals surface area (Å²) in [5.74, 6) is 1.87. The number of carbonyl (C=O) groups is 2. The summed E-state index contributed by atoms with van der Waals surface area (Å²) in [4.78, 5) is 28.3. The molecular weight excluding hydrogens is 392 g/mol. The van der Waals surface area contributed by atoms with E-state index in [1.54, 1.807) is 0 Å². The van der Waals surface area contributed by atoms with Crippen molar-refractivity contribution in [2.75, 3.05) is 39.4 Å². The van der Waals surface area contributed by atoms with Gasteiger partial charge < -0.3 is 14.8 Å². The van der Waals surface area contributed by atoms with E-state index in [4.69, 9.17) is 9.47 Å². The molecule has 2 saturated heterocycles. The molecule has 5 aliphatic rings. The van der Waals surface area contributed by atoms with Crippen LogP contribution in [-0.2, 0) is 19.1 Å². The molecule has 2 aliphatic heterocycles. The number of carbonyl (C=O) groups excluding carboxylic acids is 2. The number of morpholine rings is 1. The maximum absolute atomic E-state index is 13.5. The summed E-state index contributed by atoms with van der Waals surface area (Å²) in [6.45, 7) is 9.52. The van der Waals surface area contributed by atoms with Crippen molar-refractivity contribution in [1.29, 1.82) is 0 Å². The molecule has 1 unspecified atom stereocenters. The number of hydrogen-bond donors (Lipinski definition) is 1. The van der Waals surface area contributed by atoms with Crippen molar-refractivity contribution >= 4 is 11.9 Å². The van der Waals surface area contributed by atoms with Crippen LogP contribution in [0, 0.1) is 28.6 Å². The molecule has 5 fully saturated rings. The average molecular weight is 433 g/mol. The maximum Gasteiger partial charge on any atom is 0.306 e. The first-order chi connectivity index (χ1) is 14.8. The maximum atomic E-state index is 13.5. The van der Waals surface area contributed by atoms with Gasteiger partial charge in [0.1, 0.15) is 5.60 Å². The van der Waals surface area contributed by atoms with Crippen molar-refractivity contribution < 1.29 is 19.1 Å². The summed E-state index contributed by atoms with van der Waals surface area (Å²) in [6, 6.07) is 0. The standard InChI is InChI=1S/C25H40N2O4/c1-23-8-5-20-18-4-3-7-24(2,22(29)26-10-11-27-12-14-30-15-13-27)19(18)6-9-25(20,17-23)16-21(28)31-23/h18-20H,3-17H2,1-2H3,(H,26,29)/t18?,19-,20-,23-,24+,25-/m0/s1. The Balaban J connectivity index is 1.27. The van der Waals surface area contributed by atoms with Crippen molar-refractivity contribution in [3.63, 3.8) is 0 Å². The van der Waals surface area contributed by atoms with E-state index < -0.39 is 0 Å². The number of hydrogen-bond acceptors (Lipinski definition) is 5. The topological polar surface area (TPSA) is 67.9 Å². The third-order valence-corrected chi connectivity index (χ3v) is 9.73. The molecule has 1 N–H and O–H groups in total. The SMILES string of the molecule is C[C@@]12CC[C@H]3C4CCC[C@@](C)(C(=O)NCCN5CCOCC5)[C@H]4CC[C@]3(CC(=O)O1)C2. The summed E-state index contributed by atoms with van der Waals surface area (Å²) in [6.07, 6.45) is 9.27. The molecule has 0 aromatic rings.